The van der Waals surface area contributed by atoms with Crippen molar-refractivity contribution in [2.75, 3.05) is 13.2 Å². The van der Waals surface area contributed by atoms with Crippen LogP contribution in [-0.2, 0) is 4.74 Å². The van der Waals surface area contributed by atoms with E-state index in [4.69, 9.17) is 4.74 Å². The highest BCUT2D eigenvalue weighted by Crippen LogP contribution is 2.36. The number of rotatable bonds is 8. The molecule has 0 spiro atoms. The summed E-state index contributed by atoms with van der Waals surface area (Å²) in [6.45, 7) is 8.54. The highest BCUT2D eigenvalue weighted by Gasteiger charge is 2.36. The molecule has 0 saturated heterocycles. The monoisotopic (exact) mass is 199 g/mol. The van der Waals surface area contributed by atoms with Crippen molar-refractivity contribution < 1.29 is 4.74 Å². The summed E-state index contributed by atoms with van der Waals surface area (Å²) in [5.41, 5.74) is 0. The van der Waals surface area contributed by atoms with Crippen molar-refractivity contribution in [3.8, 4) is 0 Å². The second-order valence-corrected chi connectivity index (χ2v) is 4.23. The van der Waals surface area contributed by atoms with Gasteiger partial charge in [-0.05, 0) is 45.1 Å². The van der Waals surface area contributed by atoms with Crippen LogP contribution in [0.4, 0.5) is 0 Å². The molecule has 1 aliphatic rings. The van der Waals surface area contributed by atoms with Crippen LogP contribution in [0.25, 0.3) is 0 Å². The molecule has 1 aliphatic carbocycles. The summed E-state index contributed by atoms with van der Waals surface area (Å²) in [6.07, 6.45) is 5.60. The Morgan fingerprint density at radius 2 is 2.00 bits per heavy atom. The van der Waals surface area contributed by atoms with Crippen LogP contribution in [0.5, 0.6) is 0 Å². The van der Waals surface area contributed by atoms with Crippen LogP contribution in [0.3, 0.4) is 0 Å². The minimum Gasteiger partial charge on any atom is -0.377 e. The molecule has 0 amide bonds. The van der Waals surface area contributed by atoms with Gasteiger partial charge in [0.25, 0.3) is 0 Å². The van der Waals surface area contributed by atoms with Gasteiger partial charge in [0.05, 0.1) is 6.10 Å². The molecule has 1 rings (SSSR count). The minimum absolute atomic E-state index is 0.469. The van der Waals surface area contributed by atoms with Gasteiger partial charge in [-0.25, -0.2) is 0 Å². The van der Waals surface area contributed by atoms with Crippen molar-refractivity contribution in [3.63, 3.8) is 0 Å². The van der Waals surface area contributed by atoms with Gasteiger partial charge >= 0.3 is 0 Å². The highest BCUT2D eigenvalue weighted by atomic mass is 16.5. The summed E-state index contributed by atoms with van der Waals surface area (Å²) in [5.74, 6) is 0.837. The molecule has 2 heteroatoms. The third-order valence-electron chi connectivity index (χ3n) is 2.94. The van der Waals surface area contributed by atoms with Crippen molar-refractivity contribution in [1.82, 2.24) is 5.32 Å². The Balaban J connectivity index is 2.35. The van der Waals surface area contributed by atoms with Crippen LogP contribution in [0.15, 0.2) is 0 Å². The van der Waals surface area contributed by atoms with Gasteiger partial charge in [-0.2, -0.15) is 0 Å². The Morgan fingerprint density at radius 3 is 2.43 bits per heavy atom. The lowest BCUT2D eigenvalue weighted by atomic mass is 10.0. The zero-order valence-electron chi connectivity index (χ0n) is 9.88. The minimum atomic E-state index is 0.469. The van der Waals surface area contributed by atoms with E-state index in [-0.39, 0.29) is 0 Å². The van der Waals surface area contributed by atoms with Gasteiger partial charge in [-0.15, -0.1) is 0 Å². The summed E-state index contributed by atoms with van der Waals surface area (Å²) in [6, 6.07) is 0.572. The molecular weight excluding hydrogens is 174 g/mol. The Morgan fingerprint density at radius 1 is 1.29 bits per heavy atom. The lowest BCUT2D eigenvalue weighted by Gasteiger charge is -2.27. The van der Waals surface area contributed by atoms with Gasteiger partial charge in [0, 0.05) is 12.6 Å². The third kappa shape index (κ3) is 3.58. The quantitative estimate of drug-likeness (QED) is 0.649. The van der Waals surface area contributed by atoms with Crippen LogP contribution < -0.4 is 5.32 Å². The first-order chi connectivity index (χ1) is 6.83. The molecule has 14 heavy (non-hydrogen) atoms. The van der Waals surface area contributed by atoms with Crippen LogP contribution >= 0.6 is 0 Å². The maximum Gasteiger partial charge on any atom is 0.0755 e. The van der Waals surface area contributed by atoms with Crippen molar-refractivity contribution in [2.24, 2.45) is 5.92 Å². The Kier molecular flexibility index (Phi) is 5.49. The van der Waals surface area contributed by atoms with E-state index in [0.717, 1.165) is 19.1 Å². The molecule has 1 saturated carbocycles. The van der Waals surface area contributed by atoms with E-state index in [0.29, 0.717) is 12.1 Å². The smallest absolute Gasteiger partial charge is 0.0755 e. The molecule has 0 radical (unpaired) electrons. The SMILES string of the molecule is CCCNC(CC)C(OCC)C1CC1. The van der Waals surface area contributed by atoms with Crippen molar-refractivity contribution in [3.05, 3.63) is 0 Å². The predicted octanol–water partition coefficient (Wildman–Crippen LogP) is 2.58. The Labute approximate surface area is 88.4 Å². The van der Waals surface area contributed by atoms with Gasteiger partial charge in [0.2, 0.25) is 0 Å². The zero-order valence-corrected chi connectivity index (χ0v) is 9.88. The fourth-order valence-electron chi connectivity index (χ4n) is 2.02. The summed E-state index contributed by atoms with van der Waals surface area (Å²) in [4.78, 5) is 0. The fourth-order valence-corrected chi connectivity index (χ4v) is 2.02. The Hall–Kier alpha value is -0.0800. The largest absolute Gasteiger partial charge is 0.377 e. The van der Waals surface area contributed by atoms with Gasteiger partial charge < -0.3 is 10.1 Å². The van der Waals surface area contributed by atoms with Gasteiger partial charge in [0.1, 0.15) is 0 Å². The molecule has 1 fully saturated rings. The van der Waals surface area contributed by atoms with Gasteiger partial charge in [-0.3, -0.25) is 0 Å². The first-order valence-electron chi connectivity index (χ1n) is 6.18. The summed E-state index contributed by atoms with van der Waals surface area (Å²) in [5, 5.41) is 3.60. The van der Waals surface area contributed by atoms with Crippen LogP contribution in [0.2, 0.25) is 0 Å². The second kappa shape index (κ2) is 6.41. The standard InChI is InChI=1S/C12H25NO/c1-4-9-13-11(5-2)12(14-6-3)10-7-8-10/h10-13H,4-9H2,1-3H3. The van der Waals surface area contributed by atoms with E-state index >= 15 is 0 Å². The maximum absolute atomic E-state index is 5.85. The van der Waals surface area contributed by atoms with Crippen molar-refractivity contribution >= 4 is 0 Å². The number of hydrogen-bond donors (Lipinski definition) is 1. The second-order valence-electron chi connectivity index (χ2n) is 4.23. The average molecular weight is 199 g/mol. The molecule has 1 N–H and O–H groups in total. The summed E-state index contributed by atoms with van der Waals surface area (Å²) < 4.78 is 5.85. The lowest BCUT2D eigenvalue weighted by Crippen LogP contribution is -2.42. The fraction of sp³-hybridized carbons (Fsp3) is 1.00. The highest BCUT2D eigenvalue weighted by molar-refractivity contribution is 4.89. The molecule has 0 aromatic heterocycles. The molecule has 0 aromatic rings. The number of nitrogens with one attached hydrogen (secondary N) is 1. The topological polar surface area (TPSA) is 21.3 Å². The van der Waals surface area contributed by atoms with E-state index in [2.05, 4.69) is 26.1 Å². The number of hydrogen-bond acceptors (Lipinski definition) is 2. The first kappa shape index (κ1) is 12.0. The molecule has 0 aromatic carbocycles. The zero-order chi connectivity index (χ0) is 10.4. The average Bonchev–Trinajstić information content (AvgIpc) is 3.00. The van der Waals surface area contributed by atoms with E-state index in [9.17, 15) is 0 Å². The molecule has 0 heterocycles. The molecule has 0 aliphatic heterocycles. The third-order valence-corrected chi connectivity index (χ3v) is 2.94. The molecule has 2 atom stereocenters. The molecule has 0 bridgehead atoms. The van der Waals surface area contributed by atoms with Gasteiger partial charge in [-0.1, -0.05) is 13.8 Å². The van der Waals surface area contributed by atoms with Crippen LogP contribution in [0.1, 0.15) is 46.5 Å². The number of ether oxygens (including phenoxy) is 1. The van der Waals surface area contributed by atoms with E-state index in [1.165, 1.54) is 25.7 Å². The lowest BCUT2D eigenvalue weighted by molar-refractivity contribution is 0.0182. The normalized spacial score (nSPS) is 20.8. The molecule has 84 valence electrons. The van der Waals surface area contributed by atoms with E-state index in [1.54, 1.807) is 0 Å². The van der Waals surface area contributed by atoms with Crippen molar-refractivity contribution in [2.45, 2.75) is 58.6 Å². The van der Waals surface area contributed by atoms with Gasteiger partial charge in [0.15, 0.2) is 0 Å². The van der Waals surface area contributed by atoms with Crippen LogP contribution in [0, 0.1) is 5.92 Å². The summed E-state index contributed by atoms with van der Waals surface area (Å²) >= 11 is 0. The van der Waals surface area contributed by atoms with E-state index < -0.39 is 0 Å². The molecule has 2 unspecified atom stereocenters. The van der Waals surface area contributed by atoms with Crippen molar-refractivity contribution in [1.29, 1.82) is 0 Å². The maximum atomic E-state index is 5.85. The van der Waals surface area contributed by atoms with Crippen LogP contribution in [-0.4, -0.2) is 25.3 Å². The molecular formula is C12H25NO. The molecule has 2 nitrogen and oxygen atoms in total. The van der Waals surface area contributed by atoms with E-state index in [1.807, 2.05) is 0 Å². The summed E-state index contributed by atoms with van der Waals surface area (Å²) in [7, 11) is 0. The predicted molar refractivity (Wildman–Crippen MR) is 60.5 cm³/mol. The first-order valence-corrected chi connectivity index (χ1v) is 6.18. The Bertz CT molecular complexity index is 145.